The molecule has 3 aromatic rings. The molecule has 0 spiro atoms. The Kier molecular flexibility index (Phi) is 5.78. The van der Waals surface area contributed by atoms with Gasteiger partial charge in [-0.1, -0.05) is 0 Å². The van der Waals surface area contributed by atoms with Gasteiger partial charge in [0.05, 0.1) is 12.8 Å². The van der Waals surface area contributed by atoms with Crippen molar-refractivity contribution in [1.29, 1.82) is 0 Å². The maximum atomic E-state index is 11.0. The van der Waals surface area contributed by atoms with E-state index in [2.05, 4.69) is 36.5 Å². The van der Waals surface area contributed by atoms with Crippen LogP contribution in [-0.4, -0.2) is 33.0 Å². The molecule has 1 N–H and O–H groups in total. The number of fused-ring (bicyclic) bond motifs is 1. The molecule has 3 aromatic heterocycles. The Morgan fingerprint density at radius 3 is 2.73 bits per heavy atom. The van der Waals surface area contributed by atoms with E-state index in [0.717, 1.165) is 16.6 Å². The molecular weight excluding hydrogens is 473 g/mol. The Hall–Kier alpha value is -2.12. The third-order valence-corrected chi connectivity index (χ3v) is 5.26. The Balaban J connectivity index is 1.96. The van der Waals surface area contributed by atoms with Crippen LogP contribution in [0.3, 0.4) is 0 Å². The van der Waals surface area contributed by atoms with Crippen molar-refractivity contribution in [2.24, 2.45) is 0 Å². The minimum atomic E-state index is -0.551. The summed E-state index contributed by atoms with van der Waals surface area (Å²) < 4.78 is 13.0. The number of hydrogen-bond acceptors (Lipinski definition) is 8. The lowest BCUT2D eigenvalue weighted by molar-refractivity contribution is -0.388. The molecule has 0 aliphatic rings. The number of halogens is 1. The van der Waals surface area contributed by atoms with Gasteiger partial charge in [0.1, 0.15) is 11.4 Å². The van der Waals surface area contributed by atoms with Crippen molar-refractivity contribution in [3.05, 3.63) is 46.4 Å². The van der Waals surface area contributed by atoms with E-state index in [-0.39, 0.29) is 11.5 Å². The van der Waals surface area contributed by atoms with Gasteiger partial charge in [0.2, 0.25) is 0 Å². The van der Waals surface area contributed by atoms with Gasteiger partial charge in [0.25, 0.3) is 0 Å². The standard InChI is InChI=1S/C15H14IN5O4S/c1-17-13-4-11(6-19-15(13)21(22)23)25-10-3-12-9(8-24-2)7-20(26-16)14(12)18-5-10/h3-7,17H,8H2,1-2H3. The number of hydrogen-bond donors (Lipinski definition) is 1. The molecule has 0 radical (unpaired) electrons. The average Bonchev–Trinajstić information content (AvgIpc) is 2.99. The molecule has 0 unspecified atom stereocenters. The fourth-order valence-electron chi connectivity index (χ4n) is 2.46. The number of anilines is 1. The van der Waals surface area contributed by atoms with Crippen molar-refractivity contribution in [3.63, 3.8) is 0 Å². The van der Waals surface area contributed by atoms with Gasteiger partial charge >= 0.3 is 5.82 Å². The van der Waals surface area contributed by atoms with Crippen molar-refractivity contribution in [3.8, 4) is 11.5 Å². The summed E-state index contributed by atoms with van der Waals surface area (Å²) in [6.07, 6.45) is 4.88. The van der Waals surface area contributed by atoms with E-state index >= 15 is 0 Å². The summed E-state index contributed by atoms with van der Waals surface area (Å²) in [5.74, 6) is 0.618. The van der Waals surface area contributed by atoms with E-state index in [1.807, 2.05) is 16.2 Å². The van der Waals surface area contributed by atoms with Gasteiger partial charge < -0.3 is 24.9 Å². The molecule has 9 nitrogen and oxygen atoms in total. The molecule has 0 fully saturated rings. The molecule has 0 aromatic carbocycles. The van der Waals surface area contributed by atoms with Crippen LogP contribution in [0, 0.1) is 10.1 Å². The molecule has 0 aliphatic carbocycles. The largest absolute Gasteiger partial charge is 0.452 e. The second-order valence-electron chi connectivity index (χ2n) is 5.18. The molecule has 3 rings (SSSR count). The summed E-state index contributed by atoms with van der Waals surface area (Å²) in [5.41, 5.74) is 2.07. The quantitative estimate of drug-likeness (QED) is 0.301. The molecule has 11 heteroatoms. The summed E-state index contributed by atoms with van der Waals surface area (Å²) in [6.45, 7) is 0.453. The molecule has 0 bridgehead atoms. The first kappa shape index (κ1) is 18.7. The normalized spacial score (nSPS) is 10.9. The molecule has 0 amide bonds. The summed E-state index contributed by atoms with van der Waals surface area (Å²) in [4.78, 5) is 18.7. The minimum Gasteiger partial charge on any atom is -0.452 e. The van der Waals surface area contributed by atoms with Crippen molar-refractivity contribution in [2.75, 3.05) is 19.5 Å². The molecule has 3 heterocycles. The highest BCUT2D eigenvalue weighted by Crippen LogP contribution is 2.33. The first-order valence-electron chi connectivity index (χ1n) is 7.35. The second kappa shape index (κ2) is 8.05. The van der Waals surface area contributed by atoms with Crippen molar-refractivity contribution in [1.82, 2.24) is 13.9 Å². The van der Waals surface area contributed by atoms with Crippen LogP contribution in [0.4, 0.5) is 11.5 Å². The lowest BCUT2D eigenvalue weighted by Gasteiger charge is -2.07. The third-order valence-electron chi connectivity index (χ3n) is 3.56. The summed E-state index contributed by atoms with van der Waals surface area (Å²) in [5, 5.41) is 14.6. The minimum absolute atomic E-state index is 0.257. The Labute approximate surface area is 165 Å². The number of nitrogens with zero attached hydrogens (tertiary/aromatic N) is 4. The van der Waals surface area contributed by atoms with Crippen LogP contribution in [0.25, 0.3) is 11.0 Å². The maximum absolute atomic E-state index is 11.0. The molecule has 26 heavy (non-hydrogen) atoms. The summed E-state index contributed by atoms with van der Waals surface area (Å²) in [6, 6.07) is 3.39. The first-order valence-corrected chi connectivity index (χ1v) is 10.7. The number of nitro groups is 1. The molecule has 0 atom stereocenters. The summed E-state index contributed by atoms with van der Waals surface area (Å²) in [7, 11) is 4.73. The number of nitrogens with one attached hydrogen (secondary N) is 1. The van der Waals surface area contributed by atoms with Crippen molar-refractivity contribution in [2.45, 2.75) is 6.61 Å². The average molecular weight is 487 g/mol. The predicted molar refractivity (Wildman–Crippen MR) is 108 cm³/mol. The van der Waals surface area contributed by atoms with Gasteiger partial charge in [-0.3, -0.25) is 3.97 Å². The summed E-state index contributed by atoms with van der Waals surface area (Å²) >= 11 is 2.18. The van der Waals surface area contributed by atoms with E-state index in [9.17, 15) is 10.1 Å². The van der Waals surface area contributed by atoms with E-state index in [1.54, 1.807) is 20.4 Å². The Bertz CT molecular complexity index is 965. The highest BCUT2D eigenvalue weighted by Gasteiger charge is 2.17. The van der Waals surface area contributed by atoms with E-state index in [0.29, 0.717) is 18.1 Å². The highest BCUT2D eigenvalue weighted by atomic mass is 127. The Morgan fingerprint density at radius 1 is 1.35 bits per heavy atom. The molecule has 0 saturated heterocycles. The molecular formula is C15H14IN5O4S. The van der Waals surface area contributed by atoms with Crippen LogP contribution in [0.2, 0.25) is 0 Å². The fourth-order valence-corrected chi connectivity index (χ4v) is 3.74. The Morgan fingerprint density at radius 2 is 2.08 bits per heavy atom. The smallest absolute Gasteiger partial charge is 0.387 e. The lowest BCUT2D eigenvalue weighted by atomic mass is 10.2. The lowest BCUT2D eigenvalue weighted by Crippen LogP contribution is -1.99. The van der Waals surface area contributed by atoms with Crippen LogP contribution in [-0.2, 0) is 11.3 Å². The molecule has 0 saturated carbocycles. The van der Waals surface area contributed by atoms with Gasteiger partial charge in [0, 0.05) is 67.7 Å². The van der Waals surface area contributed by atoms with Crippen LogP contribution in [0.15, 0.2) is 30.7 Å². The SMILES string of the molecule is CNc1cc(Oc2cnc3c(c2)c(COC)cn3SI)cnc1[N+](=O)[O-]. The van der Waals surface area contributed by atoms with E-state index in [4.69, 9.17) is 9.47 Å². The molecule has 136 valence electrons. The first-order chi connectivity index (χ1) is 12.6. The number of pyridine rings is 2. The van der Waals surface area contributed by atoms with Gasteiger partial charge in [-0.15, -0.1) is 0 Å². The second-order valence-corrected chi connectivity index (χ2v) is 6.89. The number of ether oxygens (including phenoxy) is 2. The van der Waals surface area contributed by atoms with E-state index < -0.39 is 4.92 Å². The number of rotatable bonds is 7. The highest BCUT2D eigenvalue weighted by molar-refractivity contribution is 14.2. The van der Waals surface area contributed by atoms with Crippen molar-refractivity contribution < 1.29 is 14.4 Å². The van der Waals surface area contributed by atoms with Crippen molar-refractivity contribution >= 4 is 52.9 Å². The van der Waals surface area contributed by atoms with Crippen LogP contribution in [0.1, 0.15) is 5.56 Å². The number of methoxy groups -OCH3 is 1. The zero-order chi connectivity index (χ0) is 18.7. The van der Waals surface area contributed by atoms with Crippen LogP contribution in [0.5, 0.6) is 11.5 Å². The van der Waals surface area contributed by atoms with Gasteiger partial charge in [-0.05, 0) is 16.0 Å². The van der Waals surface area contributed by atoms with Crippen LogP contribution >= 0.6 is 30.3 Å². The van der Waals surface area contributed by atoms with Gasteiger partial charge in [-0.25, -0.2) is 4.98 Å². The monoisotopic (exact) mass is 487 g/mol. The van der Waals surface area contributed by atoms with Crippen LogP contribution < -0.4 is 10.1 Å². The number of aromatic nitrogens is 3. The van der Waals surface area contributed by atoms with E-state index in [1.165, 1.54) is 21.4 Å². The topological polar surface area (TPSA) is 104 Å². The fraction of sp³-hybridized carbons (Fsp3) is 0.200. The zero-order valence-corrected chi connectivity index (χ0v) is 16.8. The zero-order valence-electron chi connectivity index (χ0n) is 13.8. The van der Waals surface area contributed by atoms with Gasteiger partial charge in [0.15, 0.2) is 17.6 Å². The predicted octanol–water partition coefficient (Wildman–Crippen LogP) is 4.17. The maximum Gasteiger partial charge on any atom is 0.387 e. The van der Waals surface area contributed by atoms with Gasteiger partial charge in [-0.2, -0.15) is 0 Å². The third kappa shape index (κ3) is 3.68. The molecule has 0 aliphatic heterocycles.